The molecule has 0 radical (unpaired) electrons. The SMILES string of the molecule is CC1=NCCN1Cc1ccc(CCN)cc1. The summed E-state index contributed by atoms with van der Waals surface area (Å²) in [4.78, 5) is 6.70. The van der Waals surface area contributed by atoms with Gasteiger partial charge in [0, 0.05) is 13.1 Å². The van der Waals surface area contributed by atoms with Crippen molar-refractivity contribution < 1.29 is 0 Å². The highest BCUT2D eigenvalue weighted by Gasteiger charge is 2.12. The maximum atomic E-state index is 5.52. The van der Waals surface area contributed by atoms with Gasteiger partial charge in [-0.15, -0.1) is 0 Å². The molecule has 3 nitrogen and oxygen atoms in total. The summed E-state index contributed by atoms with van der Waals surface area (Å²) >= 11 is 0. The molecule has 0 unspecified atom stereocenters. The van der Waals surface area contributed by atoms with Crippen LogP contribution in [0.25, 0.3) is 0 Å². The van der Waals surface area contributed by atoms with Crippen LogP contribution in [0.1, 0.15) is 18.1 Å². The first-order valence-corrected chi connectivity index (χ1v) is 5.83. The average molecular weight is 217 g/mol. The van der Waals surface area contributed by atoms with Gasteiger partial charge in [-0.1, -0.05) is 24.3 Å². The van der Waals surface area contributed by atoms with Gasteiger partial charge in [-0.05, 0) is 31.0 Å². The minimum Gasteiger partial charge on any atom is -0.354 e. The molecule has 1 aromatic rings. The molecule has 1 heterocycles. The first-order valence-electron chi connectivity index (χ1n) is 5.83. The Hall–Kier alpha value is -1.35. The van der Waals surface area contributed by atoms with E-state index in [-0.39, 0.29) is 0 Å². The van der Waals surface area contributed by atoms with E-state index in [1.807, 2.05) is 0 Å². The largest absolute Gasteiger partial charge is 0.354 e. The zero-order valence-corrected chi connectivity index (χ0v) is 9.82. The van der Waals surface area contributed by atoms with Gasteiger partial charge in [-0.25, -0.2) is 0 Å². The van der Waals surface area contributed by atoms with E-state index in [4.69, 9.17) is 5.73 Å². The summed E-state index contributed by atoms with van der Waals surface area (Å²) in [5.41, 5.74) is 8.19. The fraction of sp³-hybridized carbons (Fsp3) is 0.462. The zero-order valence-electron chi connectivity index (χ0n) is 9.82. The van der Waals surface area contributed by atoms with Crippen molar-refractivity contribution in [3.63, 3.8) is 0 Å². The molecule has 3 heteroatoms. The van der Waals surface area contributed by atoms with Gasteiger partial charge < -0.3 is 10.6 Å². The van der Waals surface area contributed by atoms with E-state index >= 15 is 0 Å². The van der Waals surface area contributed by atoms with Crippen molar-refractivity contribution in [1.29, 1.82) is 0 Å². The van der Waals surface area contributed by atoms with Gasteiger partial charge in [0.15, 0.2) is 0 Å². The molecule has 86 valence electrons. The normalized spacial score (nSPS) is 15.4. The van der Waals surface area contributed by atoms with Gasteiger partial charge in [0.2, 0.25) is 0 Å². The van der Waals surface area contributed by atoms with Gasteiger partial charge in [-0.2, -0.15) is 0 Å². The highest BCUT2D eigenvalue weighted by atomic mass is 15.2. The van der Waals surface area contributed by atoms with Crippen LogP contribution in [0.2, 0.25) is 0 Å². The standard InChI is InChI=1S/C13H19N3/c1-11-15-8-9-16(11)10-13-4-2-12(3-5-13)6-7-14/h2-5H,6-10,14H2,1H3. The summed E-state index contributed by atoms with van der Waals surface area (Å²) in [6, 6.07) is 8.72. The lowest BCUT2D eigenvalue weighted by Crippen LogP contribution is -2.24. The molecule has 0 saturated heterocycles. The van der Waals surface area contributed by atoms with Crippen molar-refractivity contribution in [2.45, 2.75) is 19.9 Å². The summed E-state index contributed by atoms with van der Waals surface area (Å²) in [5.74, 6) is 1.16. The van der Waals surface area contributed by atoms with E-state index in [1.165, 1.54) is 11.1 Å². The van der Waals surface area contributed by atoms with Crippen molar-refractivity contribution in [1.82, 2.24) is 4.90 Å². The lowest BCUT2D eigenvalue weighted by atomic mass is 10.1. The van der Waals surface area contributed by atoms with Crippen LogP contribution < -0.4 is 5.73 Å². The van der Waals surface area contributed by atoms with E-state index in [1.54, 1.807) is 0 Å². The van der Waals surface area contributed by atoms with Crippen LogP contribution in [-0.2, 0) is 13.0 Å². The fourth-order valence-electron chi connectivity index (χ4n) is 1.99. The highest BCUT2D eigenvalue weighted by Crippen LogP contribution is 2.10. The molecule has 16 heavy (non-hydrogen) atoms. The van der Waals surface area contributed by atoms with E-state index in [2.05, 4.69) is 41.1 Å². The molecule has 0 saturated carbocycles. The Labute approximate surface area is 97.0 Å². The predicted octanol–water partition coefficient (Wildman–Crippen LogP) is 1.42. The monoisotopic (exact) mass is 217 g/mol. The lowest BCUT2D eigenvalue weighted by molar-refractivity contribution is 0.450. The number of aliphatic imine (C=N–C) groups is 1. The third-order valence-corrected chi connectivity index (χ3v) is 3.00. The minimum atomic E-state index is 0.719. The molecule has 0 fully saturated rings. The Morgan fingerprint density at radius 1 is 1.25 bits per heavy atom. The molecule has 0 amide bonds. The van der Waals surface area contributed by atoms with Crippen LogP contribution in [0.4, 0.5) is 0 Å². The third-order valence-electron chi connectivity index (χ3n) is 3.00. The second kappa shape index (κ2) is 5.12. The molecular weight excluding hydrogens is 198 g/mol. The molecule has 1 aliphatic rings. The topological polar surface area (TPSA) is 41.6 Å². The Morgan fingerprint density at radius 3 is 2.50 bits per heavy atom. The van der Waals surface area contributed by atoms with Crippen LogP contribution >= 0.6 is 0 Å². The molecular formula is C13H19N3. The van der Waals surface area contributed by atoms with Crippen molar-refractivity contribution in [3.8, 4) is 0 Å². The quantitative estimate of drug-likeness (QED) is 0.828. The van der Waals surface area contributed by atoms with Crippen molar-refractivity contribution in [2.75, 3.05) is 19.6 Å². The lowest BCUT2D eigenvalue weighted by Gasteiger charge is -2.18. The summed E-state index contributed by atoms with van der Waals surface area (Å²) < 4.78 is 0. The number of hydrogen-bond acceptors (Lipinski definition) is 3. The van der Waals surface area contributed by atoms with Crippen LogP contribution in [0.3, 0.4) is 0 Å². The fourth-order valence-corrected chi connectivity index (χ4v) is 1.99. The van der Waals surface area contributed by atoms with Crippen LogP contribution in [0, 0.1) is 0 Å². The molecule has 0 spiro atoms. The van der Waals surface area contributed by atoms with Crippen molar-refractivity contribution in [3.05, 3.63) is 35.4 Å². The molecule has 0 atom stereocenters. The number of hydrogen-bond donors (Lipinski definition) is 1. The minimum absolute atomic E-state index is 0.719. The maximum Gasteiger partial charge on any atom is 0.0961 e. The summed E-state index contributed by atoms with van der Waals surface area (Å²) in [7, 11) is 0. The Morgan fingerprint density at radius 2 is 1.94 bits per heavy atom. The molecule has 1 aromatic carbocycles. The summed E-state index contributed by atoms with van der Waals surface area (Å²) in [5, 5.41) is 0. The van der Waals surface area contributed by atoms with Crippen LogP contribution in [-0.4, -0.2) is 30.4 Å². The molecule has 0 bridgehead atoms. The van der Waals surface area contributed by atoms with E-state index in [0.29, 0.717) is 0 Å². The molecule has 0 aliphatic carbocycles. The number of nitrogens with two attached hydrogens (primary N) is 1. The van der Waals surface area contributed by atoms with Crippen LogP contribution in [0.15, 0.2) is 29.3 Å². The second-order valence-electron chi connectivity index (χ2n) is 4.21. The third kappa shape index (κ3) is 2.61. The van der Waals surface area contributed by atoms with Crippen molar-refractivity contribution in [2.24, 2.45) is 10.7 Å². The van der Waals surface area contributed by atoms with E-state index in [9.17, 15) is 0 Å². The number of amidine groups is 1. The van der Waals surface area contributed by atoms with Gasteiger partial charge in [0.05, 0.1) is 12.4 Å². The van der Waals surface area contributed by atoms with Gasteiger partial charge >= 0.3 is 0 Å². The van der Waals surface area contributed by atoms with Gasteiger partial charge in [0.25, 0.3) is 0 Å². The highest BCUT2D eigenvalue weighted by molar-refractivity contribution is 5.81. The zero-order chi connectivity index (χ0) is 11.4. The maximum absolute atomic E-state index is 5.52. The number of nitrogens with zero attached hydrogens (tertiary/aromatic N) is 2. The molecule has 2 N–H and O–H groups in total. The predicted molar refractivity (Wildman–Crippen MR) is 67.6 cm³/mol. The average Bonchev–Trinajstić information content (AvgIpc) is 2.68. The summed E-state index contributed by atoms with van der Waals surface area (Å²) in [6.07, 6.45) is 0.963. The van der Waals surface area contributed by atoms with Crippen LogP contribution in [0.5, 0.6) is 0 Å². The second-order valence-corrected chi connectivity index (χ2v) is 4.21. The smallest absolute Gasteiger partial charge is 0.0961 e. The van der Waals surface area contributed by atoms with E-state index < -0.39 is 0 Å². The first-order chi connectivity index (χ1) is 7.79. The van der Waals surface area contributed by atoms with Crippen molar-refractivity contribution >= 4 is 5.84 Å². The molecule has 2 rings (SSSR count). The van der Waals surface area contributed by atoms with Gasteiger partial charge in [-0.3, -0.25) is 4.99 Å². The molecule has 0 aromatic heterocycles. The number of rotatable bonds is 4. The Kier molecular flexibility index (Phi) is 3.57. The van der Waals surface area contributed by atoms with Gasteiger partial charge in [0.1, 0.15) is 0 Å². The summed E-state index contributed by atoms with van der Waals surface area (Å²) in [6.45, 7) is 5.76. The first kappa shape index (κ1) is 11.1. The Balaban J connectivity index is 1.97. The van der Waals surface area contributed by atoms with E-state index in [0.717, 1.165) is 38.4 Å². The Bertz CT molecular complexity index is 367. The number of benzene rings is 1. The molecule has 1 aliphatic heterocycles.